The van der Waals surface area contributed by atoms with E-state index in [1.54, 1.807) is 30.3 Å². The van der Waals surface area contributed by atoms with Crippen LogP contribution in [0.15, 0.2) is 48.5 Å². The number of ether oxygens (including phenoxy) is 1. The van der Waals surface area contributed by atoms with E-state index >= 15 is 0 Å². The molecule has 0 spiro atoms. The number of carbonyl (C=O) groups excluding carboxylic acids is 2. The molecule has 0 aromatic heterocycles. The highest BCUT2D eigenvalue weighted by Gasteiger charge is 2.38. The molecular weight excluding hydrogens is 336 g/mol. The van der Waals surface area contributed by atoms with Gasteiger partial charge in [-0.1, -0.05) is 44.2 Å². The summed E-state index contributed by atoms with van der Waals surface area (Å²) < 4.78 is 5.73. The molecule has 3 rings (SSSR count). The molecular formula is C19H18N2O5. The van der Waals surface area contributed by atoms with E-state index in [1.807, 2.05) is 13.8 Å². The predicted molar refractivity (Wildman–Crippen MR) is 95.5 cm³/mol. The number of nitrogens with zero attached hydrogens (tertiary/aromatic N) is 2. The molecule has 1 unspecified atom stereocenters. The standard InChI is InChI=1S/C19H18N2O5/c1-12(2)18-19(23)20(11-16(22)13-6-4-3-5-7-13)15-10-14(21(24)25)8-9-17(15)26-18/h3-10,12,18H,11H2,1-2H3. The van der Waals surface area contributed by atoms with Crippen molar-refractivity contribution >= 4 is 23.1 Å². The lowest BCUT2D eigenvalue weighted by molar-refractivity contribution is -0.384. The second-order valence-corrected chi connectivity index (χ2v) is 6.41. The van der Waals surface area contributed by atoms with Crippen LogP contribution in [0, 0.1) is 16.0 Å². The van der Waals surface area contributed by atoms with Crippen molar-refractivity contribution in [2.45, 2.75) is 20.0 Å². The molecule has 7 heteroatoms. The molecule has 0 N–H and O–H groups in total. The fraction of sp³-hybridized carbons (Fsp3) is 0.263. The first-order valence-electron chi connectivity index (χ1n) is 8.23. The quantitative estimate of drug-likeness (QED) is 0.467. The van der Waals surface area contributed by atoms with Crippen molar-refractivity contribution < 1.29 is 19.2 Å². The van der Waals surface area contributed by atoms with E-state index in [0.29, 0.717) is 11.3 Å². The fourth-order valence-corrected chi connectivity index (χ4v) is 2.83. The second kappa shape index (κ2) is 6.95. The van der Waals surface area contributed by atoms with Crippen LogP contribution >= 0.6 is 0 Å². The average molecular weight is 354 g/mol. The van der Waals surface area contributed by atoms with Gasteiger partial charge in [0, 0.05) is 17.7 Å². The first kappa shape index (κ1) is 17.6. The molecule has 1 heterocycles. The zero-order chi connectivity index (χ0) is 18.8. The second-order valence-electron chi connectivity index (χ2n) is 6.41. The van der Waals surface area contributed by atoms with Crippen molar-refractivity contribution in [3.63, 3.8) is 0 Å². The number of rotatable bonds is 5. The summed E-state index contributed by atoms with van der Waals surface area (Å²) in [5, 5.41) is 11.1. The molecule has 1 aliphatic rings. The molecule has 0 saturated heterocycles. The third-order valence-corrected chi connectivity index (χ3v) is 4.21. The molecule has 0 bridgehead atoms. The Kier molecular flexibility index (Phi) is 4.71. The maximum absolute atomic E-state index is 12.9. The number of carbonyl (C=O) groups is 2. The molecule has 2 aromatic carbocycles. The minimum atomic E-state index is -0.743. The number of non-ortho nitro benzene ring substituents is 1. The topological polar surface area (TPSA) is 89.8 Å². The number of hydrogen-bond acceptors (Lipinski definition) is 5. The summed E-state index contributed by atoms with van der Waals surface area (Å²) in [5.74, 6) is -0.381. The van der Waals surface area contributed by atoms with E-state index in [1.165, 1.54) is 23.1 Å². The highest BCUT2D eigenvalue weighted by atomic mass is 16.6. The third kappa shape index (κ3) is 3.28. The smallest absolute Gasteiger partial charge is 0.271 e. The van der Waals surface area contributed by atoms with Gasteiger partial charge < -0.3 is 4.74 Å². The minimum Gasteiger partial charge on any atom is -0.478 e. The molecule has 134 valence electrons. The van der Waals surface area contributed by atoms with Crippen molar-refractivity contribution in [3.05, 3.63) is 64.2 Å². The molecule has 2 aromatic rings. The summed E-state index contributed by atoms with van der Waals surface area (Å²) in [7, 11) is 0. The fourth-order valence-electron chi connectivity index (χ4n) is 2.83. The highest BCUT2D eigenvalue weighted by molar-refractivity contribution is 6.08. The van der Waals surface area contributed by atoms with Gasteiger partial charge in [0.05, 0.1) is 17.2 Å². The van der Waals surface area contributed by atoms with E-state index in [9.17, 15) is 19.7 Å². The molecule has 0 aliphatic carbocycles. The molecule has 0 radical (unpaired) electrons. The number of anilines is 1. The molecule has 26 heavy (non-hydrogen) atoms. The van der Waals surface area contributed by atoms with Crippen LogP contribution in [0.1, 0.15) is 24.2 Å². The van der Waals surface area contributed by atoms with Crippen molar-refractivity contribution in [2.75, 3.05) is 11.4 Å². The normalized spacial score (nSPS) is 16.2. The summed E-state index contributed by atoms with van der Waals surface area (Å²) in [6, 6.07) is 12.7. The van der Waals surface area contributed by atoms with Gasteiger partial charge in [-0.25, -0.2) is 0 Å². The Morgan fingerprint density at radius 3 is 2.54 bits per heavy atom. The van der Waals surface area contributed by atoms with Crippen LogP contribution in [0.4, 0.5) is 11.4 Å². The largest absolute Gasteiger partial charge is 0.478 e. The Labute approximate surface area is 150 Å². The zero-order valence-electron chi connectivity index (χ0n) is 14.4. The summed E-state index contributed by atoms with van der Waals surface area (Å²) in [5.41, 5.74) is 0.547. The first-order valence-corrected chi connectivity index (χ1v) is 8.23. The van der Waals surface area contributed by atoms with E-state index in [4.69, 9.17) is 4.74 Å². The maximum atomic E-state index is 12.9. The average Bonchev–Trinajstić information content (AvgIpc) is 2.63. The van der Waals surface area contributed by atoms with Crippen LogP contribution in [0.2, 0.25) is 0 Å². The lowest BCUT2D eigenvalue weighted by Gasteiger charge is -2.35. The predicted octanol–water partition coefficient (Wildman–Crippen LogP) is 3.23. The van der Waals surface area contributed by atoms with Crippen LogP contribution in [0.25, 0.3) is 0 Å². The van der Waals surface area contributed by atoms with Crippen LogP contribution in [-0.4, -0.2) is 29.3 Å². The monoisotopic (exact) mass is 354 g/mol. The van der Waals surface area contributed by atoms with Crippen LogP contribution in [0.3, 0.4) is 0 Å². The van der Waals surface area contributed by atoms with Crippen LogP contribution in [0.5, 0.6) is 5.75 Å². The molecule has 1 aliphatic heterocycles. The number of nitro groups is 1. The number of amides is 1. The van der Waals surface area contributed by atoms with Crippen molar-refractivity contribution in [2.24, 2.45) is 5.92 Å². The Hall–Kier alpha value is -3.22. The molecule has 1 atom stereocenters. The van der Waals surface area contributed by atoms with Crippen molar-refractivity contribution in [3.8, 4) is 5.75 Å². The molecule has 1 amide bonds. The Balaban J connectivity index is 2.01. The highest BCUT2D eigenvalue weighted by Crippen LogP contribution is 2.38. The summed E-state index contributed by atoms with van der Waals surface area (Å²) in [4.78, 5) is 37.3. The maximum Gasteiger partial charge on any atom is 0.271 e. The minimum absolute atomic E-state index is 0.111. The first-order chi connectivity index (χ1) is 12.4. The van der Waals surface area contributed by atoms with Gasteiger partial charge in [-0.3, -0.25) is 24.6 Å². The van der Waals surface area contributed by atoms with Gasteiger partial charge in [0.1, 0.15) is 5.75 Å². The van der Waals surface area contributed by atoms with Crippen molar-refractivity contribution in [1.29, 1.82) is 0 Å². The van der Waals surface area contributed by atoms with E-state index in [2.05, 4.69) is 0 Å². The zero-order valence-corrected chi connectivity index (χ0v) is 14.4. The van der Waals surface area contributed by atoms with Gasteiger partial charge in [0.25, 0.3) is 11.6 Å². The van der Waals surface area contributed by atoms with Gasteiger partial charge in [-0.05, 0) is 12.0 Å². The molecule has 0 saturated carbocycles. The number of ketones is 1. The van der Waals surface area contributed by atoms with Gasteiger partial charge in [0.2, 0.25) is 0 Å². The number of fused-ring (bicyclic) bond motifs is 1. The SMILES string of the molecule is CC(C)C1Oc2ccc([N+](=O)[O-])cc2N(CC(=O)c2ccccc2)C1=O. The summed E-state index contributed by atoms with van der Waals surface area (Å²) in [6.45, 7) is 3.48. The van der Waals surface area contributed by atoms with E-state index in [-0.39, 0.29) is 35.5 Å². The van der Waals surface area contributed by atoms with Crippen LogP contribution in [-0.2, 0) is 4.79 Å². The van der Waals surface area contributed by atoms with Crippen LogP contribution < -0.4 is 9.64 Å². The lowest BCUT2D eigenvalue weighted by Crippen LogP contribution is -2.50. The van der Waals surface area contributed by atoms with Gasteiger partial charge in [0.15, 0.2) is 11.9 Å². The summed E-state index contributed by atoms with van der Waals surface area (Å²) >= 11 is 0. The number of Topliss-reactive ketones (excluding diaryl/α,β-unsaturated/α-hetero) is 1. The number of hydrogen-bond donors (Lipinski definition) is 0. The Bertz CT molecular complexity index is 863. The Morgan fingerprint density at radius 2 is 1.92 bits per heavy atom. The van der Waals surface area contributed by atoms with Crippen molar-refractivity contribution in [1.82, 2.24) is 0 Å². The van der Waals surface area contributed by atoms with Gasteiger partial charge in [-0.15, -0.1) is 0 Å². The van der Waals surface area contributed by atoms with E-state index in [0.717, 1.165) is 0 Å². The molecule has 0 fully saturated rings. The van der Waals surface area contributed by atoms with Gasteiger partial charge >= 0.3 is 0 Å². The number of nitro benzene ring substituents is 1. The van der Waals surface area contributed by atoms with E-state index < -0.39 is 11.0 Å². The summed E-state index contributed by atoms with van der Waals surface area (Å²) in [6.07, 6.45) is -0.743. The number of benzene rings is 2. The Morgan fingerprint density at radius 1 is 1.23 bits per heavy atom. The third-order valence-electron chi connectivity index (χ3n) is 4.21. The molecule has 7 nitrogen and oxygen atoms in total. The lowest BCUT2D eigenvalue weighted by atomic mass is 10.0. The van der Waals surface area contributed by atoms with Gasteiger partial charge in [-0.2, -0.15) is 0 Å².